The van der Waals surface area contributed by atoms with Crippen LogP contribution in [0.2, 0.25) is 0 Å². The van der Waals surface area contributed by atoms with E-state index in [1.54, 1.807) is 12.1 Å². The maximum absolute atomic E-state index is 14.0. The van der Waals surface area contributed by atoms with Crippen molar-refractivity contribution < 1.29 is 22.4 Å². The van der Waals surface area contributed by atoms with Crippen LogP contribution in [0.3, 0.4) is 0 Å². The van der Waals surface area contributed by atoms with Crippen LogP contribution < -0.4 is 0 Å². The average Bonchev–Trinajstić information content (AvgIpc) is 3.14. The minimum atomic E-state index is -4.39. The fourth-order valence-electron chi connectivity index (χ4n) is 4.84. The van der Waals surface area contributed by atoms with Crippen molar-refractivity contribution in [1.29, 1.82) is 0 Å². The van der Waals surface area contributed by atoms with Crippen molar-refractivity contribution in [2.24, 2.45) is 17.8 Å². The first-order valence-corrected chi connectivity index (χ1v) is 11.9. The van der Waals surface area contributed by atoms with Gasteiger partial charge in [-0.2, -0.15) is 13.2 Å². The monoisotopic (exact) mass is 478 g/mol. The SMILES string of the molecule is CC(C)CN(CC1CN(Cc2cccc(C(F)(F)F)c2)CC1c1cccc(F)c1)C(=O)C(C)C. The van der Waals surface area contributed by atoms with Crippen LogP contribution in [0.4, 0.5) is 17.6 Å². The zero-order valence-electron chi connectivity index (χ0n) is 20.3. The largest absolute Gasteiger partial charge is 0.416 e. The minimum Gasteiger partial charge on any atom is -0.342 e. The third-order valence-corrected chi connectivity index (χ3v) is 6.30. The van der Waals surface area contributed by atoms with E-state index in [1.165, 1.54) is 24.3 Å². The van der Waals surface area contributed by atoms with Crippen molar-refractivity contribution in [2.75, 3.05) is 26.2 Å². The lowest BCUT2D eigenvalue weighted by molar-refractivity contribution is -0.137. The van der Waals surface area contributed by atoms with Gasteiger partial charge in [-0.3, -0.25) is 9.69 Å². The molecular formula is C27H34F4N2O. The van der Waals surface area contributed by atoms with Crippen molar-refractivity contribution in [3.05, 3.63) is 71.0 Å². The van der Waals surface area contributed by atoms with Gasteiger partial charge in [0.05, 0.1) is 5.56 Å². The Morgan fingerprint density at radius 2 is 1.76 bits per heavy atom. The summed E-state index contributed by atoms with van der Waals surface area (Å²) in [4.78, 5) is 16.9. The van der Waals surface area contributed by atoms with Crippen molar-refractivity contribution >= 4 is 5.91 Å². The number of carbonyl (C=O) groups excluding carboxylic acids is 1. The van der Waals surface area contributed by atoms with Gasteiger partial charge in [-0.05, 0) is 41.2 Å². The first kappa shape index (κ1) is 26.2. The Bertz CT molecular complexity index is 973. The molecule has 2 atom stereocenters. The van der Waals surface area contributed by atoms with Crippen LogP contribution in [-0.4, -0.2) is 41.9 Å². The van der Waals surface area contributed by atoms with Crippen LogP contribution in [0.5, 0.6) is 0 Å². The van der Waals surface area contributed by atoms with E-state index in [9.17, 15) is 22.4 Å². The summed E-state index contributed by atoms with van der Waals surface area (Å²) < 4.78 is 53.5. The summed E-state index contributed by atoms with van der Waals surface area (Å²) in [6.07, 6.45) is -4.39. The Hall–Kier alpha value is -2.41. The summed E-state index contributed by atoms with van der Waals surface area (Å²) in [6, 6.07) is 11.9. The molecule has 0 radical (unpaired) electrons. The van der Waals surface area contributed by atoms with Gasteiger partial charge in [0.15, 0.2) is 0 Å². The standard InChI is InChI=1S/C27H34F4N2O/c1-18(2)13-33(26(34)19(3)4)16-22-15-32(17-25(22)21-8-6-10-24(28)12-21)14-20-7-5-9-23(11-20)27(29,30)31/h5-12,18-19,22,25H,13-17H2,1-4H3. The number of rotatable bonds is 8. The van der Waals surface area contributed by atoms with E-state index >= 15 is 0 Å². The lowest BCUT2D eigenvalue weighted by atomic mass is 9.88. The highest BCUT2D eigenvalue weighted by atomic mass is 19.4. The van der Waals surface area contributed by atoms with Crippen LogP contribution in [0.25, 0.3) is 0 Å². The molecule has 1 heterocycles. The molecule has 186 valence electrons. The van der Waals surface area contributed by atoms with Crippen molar-refractivity contribution in [1.82, 2.24) is 9.80 Å². The molecule has 2 aromatic carbocycles. The number of halogens is 4. The fourth-order valence-corrected chi connectivity index (χ4v) is 4.84. The number of carbonyl (C=O) groups is 1. The lowest BCUT2D eigenvalue weighted by Gasteiger charge is -2.31. The van der Waals surface area contributed by atoms with Gasteiger partial charge in [0.2, 0.25) is 5.91 Å². The molecule has 3 rings (SSSR count). The van der Waals surface area contributed by atoms with Gasteiger partial charge in [-0.15, -0.1) is 0 Å². The van der Waals surface area contributed by atoms with Gasteiger partial charge < -0.3 is 4.90 Å². The zero-order valence-corrected chi connectivity index (χ0v) is 20.3. The summed E-state index contributed by atoms with van der Waals surface area (Å²) in [5.74, 6) is -0.0232. The second-order valence-electron chi connectivity index (χ2n) is 10.1. The van der Waals surface area contributed by atoms with E-state index in [4.69, 9.17) is 0 Å². The third kappa shape index (κ3) is 6.81. The van der Waals surface area contributed by atoms with Crippen molar-refractivity contribution in [2.45, 2.75) is 46.3 Å². The Morgan fingerprint density at radius 3 is 2.38 bits per heavy atom. The smallest absolute Gasteiger partial charge is 0.342 e. The number of alkyl halides is 3. The average molecular weight is 479 g/mol. The van der Waals surface area contributed by atoms with E-state index in [2.05, 4.69) is 18.7 Å². The molecule has 0 aromatic heterocycles. The molecule has 34 heavy (non-hydrogen) atoms. The minimum absolute atomic E-state index is 0.0175. The molecule has 0 bridgehead atoms. The highest BCUT2D eigenvalue weighted by Crippen LogP contribution is 2.36. The predicted molar refractivity (Wildman–Crippen MR) is 126 cm³/mol. The number of nitrogens with zero attached hydrogens (tertiary/aromatic N) is 2. The molecule has 0 saturated carbocycles. The molecule has 0 aliphatic carbocycles. The molecule has 0 N–H and O–H groups in total. The molecular weight excluding hydrogens is 444 g/mol. The first-order chi connectivity index (χ1) is 15.9. The van der Waals surface area contributed by atoms with Gasteiger partial charge in [-0.1, -0.05) is 58.0 Å². The maximum atomic E-state index is 14.0. The molecule has 7 heteroatoms. The summed E-state index contributed by atoms with van der Waals surface area (Å²) in [5.41, 5.74) is 0.789. The van der Waals surface area contributed by atoms with E-state index in [-0.39, 0.29) is 29.5 Å². The number of hydrogen-bond donors (Lipinski definition) is 0. The summed E-state index contributed by atoms with van der Waals surface area (Å²) >= 11 is 0. The lowest BCUT2D eigenvalue weighted by Crippen LogP contribution is -2.41. The Labute approximate surface area is 199 Å². The van der Waals surface area contributed by atoms with E-state index in [0.717, 1.165) is 11.6 Å². The molecule has 2 unspecified atom stereocenters. The Kier molecular flexibility index (Phi) is 8.39. The number of amides is 1. The molecule has 1 amide bonds. The summed E-state index contributed by atoms with van der Waals surface area (Å²) in [5, 5.41) is 0. The molecule has 2 aromatic rings. The Morgan fingerprint density at radius 1 is 1.06 bits per heavy atom. The molecule has 1 fully saturated rings. The number of hydrogen-bond acceptors (Lipinski definition) is 2. The molecule has 0 spiro atoms. The highest BCUT2D eigenvalue weighted by molar-refractivity contribution is 5.78. The van der Waals surface area contributed by atoms with Crippen LogP contribution in [0.1, 0.15) is 50.3 Å². The van der Waals surface area contributed by atoms with Gasteiger partial charge in [0.1, 0.15) is 5.82 Å². The predicted octanol–water partition coefficient (Wildman–Crippen LogP) is 6.20. The third-order valence-electron chi connectivity index (χ3n) is 6.30. The summed E-state index contributed by atoms with van der Waals surface area (Å²) in [7, 11) is 0. The second-order valence-corrected chi connectivity index (χ2v) is 10.1. The van der Waals surface area contributed by atoms with E-state index in [0.29, 0.717) is 44.2 Å². The van der Waals surface area contributed by atoms with Gasteiger partial charge >= 0.3 is 6.18 Å². The van der Waals surface area contributed by atoms with Crippen LogP contribution >= 0.6 is 0 Å². The fraction of sp³-hybridized carbons (Fsp3) is 0.519. The van der Waals surface area contributed by atoms with E-state index in [1.807, 2.05) is 24.8 Å². The molecule has 1 saturated heterocycles. The van der Waals surface area contributed by atoms with Crippen LogP contribution in [-0.2, 0) is 17.5 Å². The van der Waals surface area contributed by atoms with Gasteiger partial charge in [0.25, 0.3) is 0 Å². The van der Waals surface area contributed by atoms with Crippen molar-refractivity contribution in [3.63, 3.8) is 0 Å². The summed E-state index contributed by atoms with van der Waals surface area (Å²) in [6.45, 7) is 10.7. The molecule has 3 nitrogen and oxygen atoms in total. The quantitative estimate of drug-likeness (QED) is 0.422. The highest BCUT2D eigenvalue weighted by Gasteiger charge is 2.37. The Balaban J connectivity index is 1.85. The zero-order chi connectivity index (χ0) is 25.0. The van der Waals surface area contributed by atoms with Crippen LogP contribution in [0.15, 0.2) is 48.5 Å². The van der Waals surface area contributed by atoms with Gasteiger partial charge in [0, 0.05) is 44.6 Å². The van der Waals surface area contributed by atoms with Crippen molar-refractivity contribution in [3.8, 4) is 0 Å². The normalized spacial score (nSPS) is 19.2. The maximum Gasteiger partial charge on any atom is 0.416 e. The molecule has 1 aliphatic rings. The molecule has 1 aliphatic heterocycles. The van der Waals surface area contributed by atoms with Crippen LogP contribution in [0, 0.1) is 23.6 Å². The second kappa shape index (κ2) is 10.9. The number of likely N-dealkylation sites (tertiary alicyclic amines) is 1. The number of benzene rings is 2. The van der Waals surface area contributed by atoms with Gasteiger partial charge in [-0.25, -0.2) is 4.39 Å². The first-order valence-electron chi connectivity index (χ1n) is 11.9. The van der Waals surface area contributed by atoms with E-state index < -0.39 is 11.7 Å². The topological polar surface area (TPSA) is 23.6 Å².